The van der Waals surface area contributed by atoms with Crippen molar-refractivity contribution in [1.29, 1.82) is 0 Å². The Bertz CT molecular complexity index is 964. The quantitative estimate of drug-likeness (QED) is 0.582. The van der Waals surface area contributed by atoms with E-state index in [1.165, 1.54) is 0 Å². The van der Waals surface area contributed by atoms with E-state index in [9.17, 15) is 14.4 Å². The predicted molar refractivity (Wildman–Crippen MR) is 117 cm³/mol. The summed E-state index contributed by atoms with van der Waals surface area (Å²) in [6.45, 7) is 4.91. The summed E-state index contributed by atoms with van der Waals surface area (Å²) < 4.78 is 18.0. The van der Waals surface area contributed by atoms with Crippen molar-refractivity contribution < 1.29 is 28.6 Å². The van der Waals surface area contributed by atoms with E-state index in [2.05, 4.69) is 15.9 Å². The van der Waals surface area contributed by atoms with Gasteiger partial charge in [0.05, 0.1) is 37.8 Å². The molecule has 172 valence electrons. The van der Waals surface area contributed by atoms with E-state index >= 15 is 0 Å². The molecule has 8 nitrogen and oxygen atoms in total. The first-order valence-electron chi connectivity index (χ1n) is 11.2. The number of carbonyl (C=O) groups excluding carboxylic acids is 3. The van der Waals surface area contributed by atoms with Gasteiger partial charge in [-0.2, -0.15) is 0 Å². The molecule has 1 aromatic carbocycles. The number of esters is 1. The number of ether oxygens (including phenoxy) is 3. The molecule has 1 unspecified atom stereocenters. The molecule has 32 heavy (non-hydrogen) atoms. The lowest BCUT2D eigenvalue weighted by Gasteiger charge is -2.47. The molecule has 0 N–H and O–H groups in total. The van der Waals surface area contributed by atoms with Crippen LogP contribution in [0.3, 0.4) is 0 Å². The van der Waals surface area contributed by atoms with Crippen LogP contribution in [0.4, 0.5) is 0 Å². The van der Waals surface area contributed by atoms with E-state index in [0.29, 0.717) is 18.9 Å². The number of hydrogen-bond donors (Lipinski definition) is 0. The number of amides is 2. The molecule has 0 aromatic heterocycles. The molecule has 4 aliphatic heterocycles. The van der Waals surface area contributed by atoms with E-state index in [1.807, 2.05) is 18.2 Å². The summed E-state index contributed by atoms with van der Waals surface area (Å²) in [5.74, 6) is -1.38. The van der Waals surface area contributed by atoms with Gasteiger partial charge in [0, 0.05) is 29.1 Å². The molecule has 0 radical (unpaired) electrons. The number of nitrogens with zero attached hydrogens (tertiary/aromatic N) is 2. The number of halogens is 1. The van der Waals surface area contributed by atoms with Gasteiger partial charge in [-0.3, -0.25) is 14.4 Å². The van der Waals surface area contributed by atoms with Gasteiger partial charge in [-0.05, 0) is 44.9 Å². The minimum Gasteiger partial charge on any atom is -0.493 e. The molecule has 3 saturated heterocycles. The molecule has 5 rings (SSSR count). The van der Waals surface area contributed by atoms with Gasteiger partial charge in [-0.15, -0.1) is 0 Å². The molecule has 0 bridgehead atoms. The van der Waals surface area contributed by atoms with Crippen molar-refractivity contribution in [3.63, 3.8) is 0 Å². The molecule has 0 spiro atoms. The first-order valence-corrected chi connectivity index (χ1v) is 12.0. The number of carbonyl (C=O) groups is 3. The molecule has 4 aliphatic rings. The van der Waals surface area contributed by atoms with E-state index in [1.54, 1.807) is 23.6 Å². The van der Waals surface area contributed by atoms with Crippen LogP contribution >= 0.6 is 15.9 Å². The second-order valence-corrected chi connectivity index (χ2v) is 9.98. The standard InChI is InChI=1S/C23H27BrN2O6/c1-3-30-21(28)19-16-12-32-17-7-6-13(24)9-15(17)20(16)26-18(27)11-25(22(29)23(19,26)2)10-14-5-4-8-31-14/h6-7,9,14,16,19-20H,3-5,8,10-12H2,1-2H3/t14?,16-,19-,20+,23-/m1/s1. The minimum absolute atomic E-state index is 0.0166. The Morgan fingerprint density at radius 1 is 1.34 bits per heavy atom. The molecule has 0 aliphatic carbocycles. The molecule has 0 saturated carbocycles. The highest BCUT2D eigenvalue weighted by molar-refractivity contribution is 9.10. The smallest absolute Gasteiger partial charge is 0.312 e. The van der Waals surface area contributed by atoms with Gasteiger partial charge in [0.25, 0.3) is 0 Å². The topological polar surface area (TPSA) is 85.4 Å². The van der Waals surface area contributed by atoms with Gasteiger partial charge >= 0.3 is 5.97 Å². The first-order chi connectivity index (χ1) is 15.4. The number of rotatable bonds is 4. The highest BCUT2D eigenvalue weighted by Gasteiger charge is 2.69. The molecule has 2 amide bonds. The van der Waals surface area contributed by atoms with Crippen molar-refractivity contribution in [2.75, 3.05) is 32.9 Å². The Morgan fingerprint density at radius 3 is 2.88 bits per heavy atom. The van der Waals surface area contributed by atoms with Gasteiger partial charge in [-0.1, -0.05) is 15.9 Å². The van der Waals surface area contributed by atoms with Crippen LogP contribution in [0.15, 0.2) is 22.7 Å². The van der Waals surface area contributed by atoms with Crippen molar-refractivity contribution in [3.05, 3.63) is 28.2 Å². The predicted octanol–water partition coefficient (Wildman–Crippen LogP) is 2.30. The molecule has 5 atom stereocenters. The maximum atomic E-state index is 13.9. The van der Waals surface area contributed by atoms with Crippen molar-refractivity contribution in [1.82, 2.24) is 9.80 Å². The zero-order chi connectivity index (χ0) is 22.6. The van der Waals surface area contributed by atoms with Crippen LogP contribution < -0.4 is 4.74 Å². The van der Waals surface area contributed by atoms with Crippen molar-refractivity contribution >= 4 is 33.7 Å². The second-order valence-electron chi connectivity index (χ2n) is 9.06. The van der Waals surface area contributed by atoms with Crippen LogP contribution in [0.5, 0.6) is 5.75 Å². The Hall–Kier alpha value is -2.13. The van der Waals surface area contributed by atoms with Crippen LogP contribution in [-0.2, 0) is 23.9 Å². The van der Waals surface area contributed by atoms with Gasteiger partial charge in [-0.25, -0.2) is 0 Å². The van der Waals surface area contributed by atoms with Gasteiger partial charge in [0.2, 0.25) is 11.8 Å². The third kappa shape index (κ3) is 3.15. The fraction of sp³-hybridized carbons (Fsp3) is 0.609. The lowest BCUT2D eigenvalue weighted by Crippen LogP contribution is -2.68. The second kappa shape index (κ2) is 8.02. The van der Waals surface area contributed by atoms with E-state index in [0.717, 1.165) is 22.9 Å². The number of fused-ring (bicyclic) bond motifs is 5. The molecule has 1 aromatic rings. The summed E-state index contributed by atoms with van der Waals surface area (Å²) in [7, 11) is 0. The summed E-state index contributed by atoms with van der Waals surface area (Å²) in [6.07, 6.45) is 1.73. The van der Waals surface area contributed by atoms with Gasteiger partial charge in [0.15, 0.2) is 0 Å². The normalized spacial score (nSPS) is 33.5. The Labute approximate surface area is 195 Å². The van der Waals surface area contributed by atoms with E-state index in [4.69, 9.17) is 14.2 Å². The fourth-order valence-electron chi connectivity index (χ4n) is 5.95. The maximum absolute atomic E-state index is 13.9. The Balaban J connectivity index is 1.59. The summed E-state index contributed by atoms with van der Waals surface area (Å²) in [5.41, 5.74) is -0.537. The molecular formula is C23H27BrN2O6. The van der Waals surface area contributed by atoms with Crippen LogP contribution in [0.1, 0.15) is 38.3 Å². The lowest BCUT2D eigenvalue weighted by molar-refractivity contribution is -0.171. The van der Waals surface area contributed by atoms with Gasteiger partial charge in [0.1, 0.15) is 11.3 Å². The number of piperazine rings is 1. The zero-order valence-corrected chi connectivity index (χ0v) is 19.8. The van der Waals surface area contributed by atoms with Crippen molar-refractivity contribution in [3.8, 4) is 5.75 Å². The SMILES string of the molecule is CCOC(=O)[C@H]1[C@H]2COc3ccc(Br)cc3[C@@H]2N2C(=O)CN(CC3CCCO3)C(=O)[C@@]12C. The lowest BCUT2D eigenvalue weighted by atomic mass is 9.77. The number of hydrogen-bond acceptors (Lipinski definition) is 6. The average molecular weight is 507 g/mol. The highest BCUT2D eigenvalue weighted by atomic mass is 79.9. The van der Waals surface area contributed by atoms with Crippen LogP contribution in [0.2, 0.25) is 0 Å². The van der Waals surface area contributed by atoms with Gasteiger partial charge < -0.3 is 24.0 Å². The summed E-state index contributed by atoms with van der Waals surface area (Å²) >= 11 is 3.50. The maximum Gasteiger partial charge on any atom is 0.312 e. The summed E-state index contributed by atoms with van der Waals surface area (Å²) in [4.78, 5) is 43.9. The monoisotopic (exact) mass is 506 g/mol. The van der Waals surface area contributed by atoms with Crippen LogP contribution in [0, 0.1) is 11.8 Å². The third-order valence-corrected chi connectivity index (χ3v) is 7.74. The molecule has 4 heterocycles. The average Bonchev–Trinajstić information content (AvgIpc) is 3.36. The van der Waals surface area contributed by atoms with Crippen molar-refractivity contribution in [2.24, 2.45) is 11.8 Å². The van der Waals surface area contributed by atoms with Crippen LogP contribution in [-0.4, -0.2) is 72.1 Å². The summed E-state index contributed by atoms with van der Waals surface area (Å²) in [6, 6.07) is 5.21. The number of benzene rings is 1. The van der Waals surface area contributed by atoms with E-state index in [-0.39, 0.29) is 43.6 Å². The van der Waals surface area contributed by atoms with Crippen LogP contribution in [0.25, 0.3) is 0 Å². The summed E-state index contributed by atoms with van der Waals surface area (Å²) in [5, 5.41) is 0. The third-order valence-electron chi connectivity index (χ3n) is 7.24. The zero-order valence-electron chi connectivity index (χ0n) is 18.2. The first kappa shape index (κ1) is 21.7. The Kier molecular flexibility index (Phi) is 5.44. The molecule has 3 fully saturated rings. The fourth-order valence-corrected chi connectivity index (χ4v) is 6.33. The molecular weight excluding hydrogens is 480 g/mol. The van der Waals surface area contributed by atoms with Crippen molar-refractivity contribution in [2.45, 2.75) is 44.4 Å². The largest absolute Gasteiger partial charge is 0.493 e. The molecule has 9 heteroatoms. The minimum atomic E-state index is -1.34. The van der Waals surface area contributed by atoms with E-state index < -0.39 is 23.5 Å². The Morgan fingerprint density at radius 2 is 2.16 bits per heavy atom. The highest BCUT2D eigenvalue weighted by Crippen LogP contribution is 2.57.